The molecule has 2 atom stereocenters. The average Bonchev–Trinajstić information content (AvgIpc) is 3.25. The van der Waals surface area contributed by atoms with Crippen LogP contribution in [0.1, 0.15) is 39.5 Å². The molecule has 3 fully saturated rings. The Bertz CT molecular complexity index is 1370. The molecule has 3 aliphatic rings. The van der Waals surface area contributed by atoms with E-state index in [1.54, 1.807) is 0 Å². The number of anilines is 5. The summed E-state index contributed by atoms with van der Waals surface area (Å²) in [6.45, 7) is 7.62. The molecule has 6 rings (SSSR count). The minimum Gasteiger partial charge on any atom is -0.377 e. The molecule has 2 aromatic carbocycles. The van der Waals surface area contributed by atoms with Gasteiger partial charge in [-0.05, 0) is 102 Å². The molecule has 43 heavy (non-hydrogen) atoms. The Morgan fingerprint density at radius 2 is 1.47 bits per heavy atom. The van der Waals surface area contributed by atoms with Crippen molar-refractivity contribution in [3.63, 3.8) is 0 Å². The van der Waals surface area contributed by atoms with Crippen LogP contribution < -0.4 is 25.8 Å². The van der Waals surface area contributed by atoms with E-state index in [0.717, 1.165) is 50.0 Å². The summed E-state index contributed by atoms with van der Waals surface area (Å²) in [5.74, 6) is 1.85. The second-order valence-electron chi connectivity index (χ2n) is 12.3. The molecule has 2 bridgehead atoms. The number of nitrogens with one attached hydrogen (secondary N) is 3. The van der Waals surface area contributed by atoms with Crippen LogP contribution in [0, 0.1) is 0 Å². The molecule has 0 spiro atoms. The number of carbonyl (C=O) groups excluding carboxylic acids is 1. The fraction of sp³-hybridized carbons (Fsp3) is 0.500. The number of piperidine rings is 1. The Morgan fingerprint density at radius 3 is 2.05 bits per heavy atom. The molecule has 0 saturated carbocycles. The van der Waals surface area contributed by atoms with Crippen LogP contribution in [0.15, 0.2) is 48.5 Å². The van der Waals surface area contributed by atoms with Crippen molar-refractivity contribution in [2.75, 3.05) is 66.1 Å². The van der Waals surface area contributed by atoms with Crippen LogP contribution in [-0.2, 0) is 4.74 Å². The molecular formula is C32H43N9O2. The lowest BCUT2D eigenvalue weighted by Gasteiger charge is -2.36. The van der Waals surface area contributed by atoms with Crippen molar-refractivity contribution in [2.45, 2.75) is 63.7 Å². The Hall–Kier alpha value is -3.96. The maximum absolute atomic E-state index is 12.8. The zero-order valence-corrected chi connectivity index (χ0v) is 25.6. The largest absolute Gasteiger partial charge is 0.377 e. The molecule has 2 amide bonds. The Labute approximate surface area is 254 Å². The third-order valence-corrected chi connectivity index (χ3v) is 8.60. The van der Waals surface area contributed by atoms with Gasteiger partial charge in [-0.25, -0.2) is 4.79 Å². The van der Waals surface area contributed by atoms with E-state index in [-0.39, 0.29) is 12.1 Å². The molecule has 2 unspecified atom stereocenters. The number of hydrogen-bond acceptors (Lipinski definition) is 9. The topological polar surface area (TPSA) is 111 Å². The zero-order valence-electron chi connectivity index (χ0n) is 25.6. The Kier molecular flexibility index (Phi) is 8.62. The highest BCUT2D eigenvalue weighted by molar-refractivity contribution is 5.99. The van der Waals surface area contributed by atoms with E-state index >= 15 is 0 Å². The third kappa shape index (κ3) is 6.83. The van der Waals surface area contributed by atoms with Crippen LogP contribution in [0.5, 0.6) is 0 Å². The number of rotatable bonds is 8. The van der Waals surface area contributed by atoms with Gasteiger partial charge in [0.15, 0.2) is 5.82 Å². The van der Waals surface area contributed by atoms with Crippen molar-refractivity contribution < 1.29 is 9.53 Å². The molecule has 4 heterocycles. The second-order valence-corrected chi connectivity index (χ2v) is 12.3. The number of nitrogens with zero attached hydrogens (tertiary/aromatic N) is 6. The zero-order chi connectivity index (χ0) is 29.9. The summed E-state index contributed by atoms with van der Waals surface area (Å²) in [6.07, 6.45) is 4.49. The van der Waals surface area contributed by atoms with Gasteiger partial charge >= 0.3 is 6.03 Å². The van der Waals surface area contributed by atoms with Crippen molar-refractivity contribution in [3.05, 3.63) is 48.5 Å². The predicted octanol–water partition coefficient (Wildman–Crippen LogP) is 4.90. The maximum Gasteiger partial charge on any atom is 0.323 e. The number of carbonyl (C=O) groups is 1. The average molecular weight is 586 g/mol. The summed E-state index contributed by atoms with van der Waals surface area (Å²) in [5, 5.41) is 9.21. The molecule has 3 saturated heterocycles. The molecule has 3 aliphatic heterocycles. The van der Waals surface area contributed by atoms with Gasteiger partial charge in [-0.2, -0.15) is 15.0 Å². The number of fused-ring (bicyclic) bond motifs is 2. The van der Waals surface area contributed by atoms with Crippen molar-refractivity contribution in [3.8, 4) is 11.4 Å². The summed E-state index contributed by atoms with van der Waals surface area (Å²) in [5.41, 5.74) is 3.48. The summed E-state index contributed by atoms with van der Waals surface area (Å²) in [4.78, 5) is 34.2. The second kappa shape index (κ2) is 12.7. The lowest BCUT2D eigenvalue weighted by Crippen LogP contribution is -2.47. The minimum atomic E-state index is -0.291. The normalized spacial score (nSPS) is 20.5. The molecule has 11 nitrogen and oxygen atoms in total. The highest BCUT2D eigenvalue weighted by Crippen LogP contribution is 2.33. The number of urea groups is 1. The van der Waals surface area contributed by atoms with Gasteiger partial charge in [0.25, 0.3) is 0 Å². The maximum atomic E-state index is 12.8. The van der Waals surface area contributed by atoms with E-state index in [4.69, 9.17) is 19.7 Å². The van der Waals surface area contributed by atoms with Gasteiger partial charge in [0.2, 0.25) is 11.9 Å². The van der Waals surface area contributed by atoms with E-state index < -0.39 is 0 Å². The quantitative estimate of drug-likeness (QED) is 0.340. The third-order valence-electron chi connectivity index (χ3n) is 8.60. The number of benzene rings is 2. The van der Waals surface area contributed by atoms with Crippen LogP contribution in [0.4, 0.5) is 33.8 Å². The van der Waals surface area contributed by atoms with Crippen LogP contribution in [0.3, 0.4) is 0 Å². The van der Waals surface area contributed by atoms with Gasteiger partial charge in [0.1, 0.15) is 0 Å². The van der Waals surface area contributed by atoms with Gasteiger partial charge in [-0.3, -0.25) is 0 Å². The van der Waals surface area contributed by atoms with Crippen LogP contribution in [-0.4, -0.2) is 90.4 Å². The standard InChI is InChI=1S/C32H43N9O2/c1-21(2)33-30-36-29(37-31(38-30)41-27-13-14-28(41)20-43-19-27)22-5-7-23(8-6-22)34-32(42)35-24-9-11-26(12-10-24)40-17-15-25(16-18-40)39(3)4/h5-12,21,25,27-28H,13-20H2,1-4H3,(H2,34,35,42)(H,33,36,37,38). The van der Waals surface area contributed by atoms with E-state index in [0.29, 0.717) is 54.7 Å². The number of ether oxygens (including phenoxy) is 1. The van der Waals surface area contributed by atoms with Crippen molar-refractivity contribution in [1.82, 2.24) is 19.9 Å². The predicted molar refractivity (Wildman–Crippen MR) is 172 cm³/mol. The Balaban J connectivity index is 1.09. The molecule has 0 radical (unpaired) electrons. The fourth-order valence-corrected chi connectivity index (χ4v) is 6.28. The smallest absolute Gasteiger partial charge is 0.323 e. The lowest BCUT2D eigenvalue weighted by atomic mass is 10.0. The first-order valence-electron chi connectivity index (χ1n) is 15.4. The first-order valence-corrected chi connectivity index (χ1v) is 15.4. The molecule has 3 N–H and O–H groups in total. The highest BCUT2D eigenvalue weighted by atomic mass is 16.5. The Morgan fingerprint density at radius 1 is 0.860 bits per heavy atom. The summed E-state index contributed by atoms with van der Waals surface area (Å²) in [6, 6.07) is 16.8. The highest BCUT2D eigenvalue weighted by Gasteiger charge is 2.39. The van der Waals surface area contributed by atoms with Gasteiger partial charge in [-0.1, -0.05) is 0 Å². The van der Waals surface area contributed by atoms with Crippen LogP contribution >= 0.6 is 0 Å². The number of hydrogen-bond donors (Lipinski definition) is 3. The van der Waals surface area contributed by atoms with Crippen molar-refractivity contribution in [1.29, 1.82) is 0 Å². The van der Waals surface area contributed by atoms with E-state index in [1.807, 2.05) is 36.4 Å². The van der Waals surface area contributed by atoms with Crippen molar-refractivity contribution in [2.24, 2.45) is 0 Å². The first-order chi connectivity index (χ1) is 20.8. The minimum absolute atomic E-state index is 0.186. The van der Waals surface area contributed by atoms with Crippen LogP contribution in [0.2, 0.25) is 0 Å². The first kappa shape index (κ1) is 29.1. The van der Waals surface area contributed by atoms with E-state index in [2.05, 4.69) is 70.7 Å². The lowest BCUT2D eigenvalue weighted by molar-refractivity contribution is 0.0897. The van der Waals surface area contributed by atoms with E-state index in [1.165, 1.54) is 5.69 Å². The number of morpholine rings is 1. The molecule has 228 valence electrons. The summed E-state index contributed by atoms with van der Waals surface area (Å²) >= 11 is 0. The molecule has 3 aromatic rings. The fourth-order valence-electron chi connectivity index (χ4n) is 6.28. The monoisotopic (exact) mass is 585 g/mol. The SMILES string of the molecule is CC(C)Nc1nc(-c2ccc(NC(=O)Nc3ccc(N4CCC(N(C)C)CC4)cc3)cc2)nc(N2C3CCC2COC3)n1. The van der Waals surface area contributed by atoms with Gasteiger partial charge < -0.3 is 35.4 Å². The molecule has 0 aliphatic carbocycles. The molecular weight excluding hydrogens is 542 g/mol. The van der Waals surface area contributed by atoms with Gasteiger partial charge in [0.05, 0.1) is 25.3 Å². The van der Waals surface area contributed by atoms with E-state index in [9.17, 15) is 4.79 Å². The van der Waals surface area contributed by atoms with Gasteiger partial charge in [0, 0.05) is 47.8 Å². The molecule has 11 heteroatoms. The van der Waals surface area contributed by atoms with Crippen LogP contribution in [0.25, 0.3) is 11.4 Å². The van der Waals surface area contributed by atoms with Crippen molar-refractivity contribution >= 4 is 35.0 Å². The molecule has 1 aromatic heterocycles. The number of amides is 2. The number of aromatic nitrogens is 3. The summed E-state index contributed by atoms with van der Waals surface area (Å²) < 4.78 is 5.77. The summed E-state index contributed by atoms with van der Waals surface area (Å²) in [7, 11) is 4.31. The van der Waals surface area contributed by atoms with Gasteiger partial charge in [-0.15, -0.1) is 0 Å².